The van der Waals surface area contributed by atoms with Gasteiger partial charge in [-0.3, -0.25) is 4.79 Å². The molecule has 0 spiro atoms. The molecule has 0 aliphatic heterocycles. The fourth-order valence-corrected chi connectivity index (χ4v) is 1.60. The van der Waals surface area contributed by atoms with Gasteiger partial charge in [0.1, 0.15) is 0 Å². The Morgan fingerprint density at radius 2 is 1.56 bits per heavy atom. The molecule has 0 unspecified atom stereocenters. The monoisotopic (exact) mass is 291 g/mol. The number of hydrogen-bond donors (Lipinski definition) is 1. The van der Waals surface area contributed by atoms with Crippen LogP contribution >= 0.6 is 11.6 Å². The third-order valence-corrected chi connectivity index (χ3v) is 2.30. The summed E-state index contributed by atoms with van der Waals surface area (Å²) in [5.41, 5.74) is -0.934. The van der Waals surface area contributed by atoms with E-state index in [9.17, 15) is 31.1 Å². The Kier molecular flexibility index (Phi) is 3.53. The summed E-state index contributed by atoms with van der Waals surface area (Å²) in [6, 6.07) is 0.692. The molecular weight excluding hydrogens is 288 g/mol. The van der Waals surface area contributed by atoms with E-state index in [0.29, 0.717) is 6.07 Å². The number of amides is 1. The second kappa shape index (κ2) is 4.34. The van der Waals surface area contributed by atoms with Crippen LogP contribution in [0.3, 0.4) is 0 Å². The first-order valence-electron chi connectivity index (χ1n) is 4.23. The van der Waals surface area contributed by atoms with Crippen molar-refractivity contribution >= 4 is 17.5 Å². The van der Waals surface area contributed by atoms with E-state index in [2.05, 4.69) is 5.73 Å². The maximum absolute atomic E-state index is 12.6. The highest BCUT2D eigenvalue weighted by atomic mass is 35.5. The van der Waals surface area contributed by atoms with Crippen LogP contribution in [0.2, 0.25) is 5.02 Å². The number of carbonyl (C=O) groups is 1. The molecule has 18 heavy (non-hydrogen) atoms. The number of benzene rings is 1. The Balaban J connectivity index is 3.78. The largest absolute Gasteiger partial charge is 0.417 e. The van der Waals surface area contributed by atoms with Crippen molar-refractivity contribution in [1.29, 1.82) is 0 Å². The fraction of sp³-hybridized carbons (Fsp3) is 0.222. The molecule has 0 aliphatic carbocycles. The molecule has 0 aliphatic rings. The van der Waals surface area contributed by atoms with Crippen molar-refractivity contribution in [3.05, 3.63) is 33.8 Å². The van der Waals surface area contributed by atoms with E-state index in [1.54, 1.807) is 0 Å². The normalized spacial score (nSPS) is 12.6. The fourth-order valence-electron chi connectivity index (χ4n) is 1.35. The Hall–Kier alpha value is -1.44. The number of nitrogens with two attached hydrogens (primary N) is 1. The number of halogens is 7. The van der Waals surface area contributed by atoms with Gasteiger partial charge in [0.2, 0.25) is 0 Å². The van der Waals surface area contributed by atoms with Gasteiger partial charge in [-0.1, -0.05) is 11.6 Å². The van der Waals surface area contributed by atoms with Crippen molar-refractivity contribution in [2.75, 3.05) is 0 Å². The van der Waals surface area contributed by atoms with E-state index in [4.69, 9.17) is 11.6 Å². The van der Waals surface area contributed by atoms with Crippen molar-refractivity contribution < 1.29 is 31.1 Å². The number of rotatable bonds is 1. The second-order valence-electron chi connectivity index (χ2n) is 3.20. The minimum absolute atomic E-state index is 0.150. The molecule has 0 aromatic heterocycles. The Bertz CT molecular complexity index is 493. The summed E-state index contributed by atoms with van der Waals surface area (Å²) >= 11 is 5.28. The molecule has 0 atom stereocenters. The molecule has 1 amide bonds. The molecule has 0 fully saturated rings. The van der Waals surface area contributed by atoms with Crippen LogP contribution in [-0.2, 0) is 12.4 Å². The van der Waals surface area contributed by atoms with Gasteiger partial charge in [-0.2, -0.15) is 26.3 Å². The quantitative estimate of drug-likeness (QED) is 0.791. The molecule has 2 nitrogen and oxygen atoms in total. The van der Waals surface area contributed by atoms with E-state index >= 15 is 0 Å². The molecule has 2 N–H and O–H groups in total. The summed E-state index contributed by atoms with van der Waals surface area (Å²) in [5, 5.41) is -0.789. The van der Waals surface area contributed by atoms with E-state index in [1.807, 2.05) is 0 Å². The first-order valence-corrected chi connectivity index (χ1v) is 4.60. The molecule has 0 bridgehead atoms. The first kappa shape index (κ1) is 14.6. The summed E-state index contributed by atoms with van der Waals surface area (Å²) in [5.74, 6) is -1.68. The van der Waals surface area contributed by atoms with Crippen molar-refractivity contribution in [1.82, 2.24) is 0 Å². The maximum Gasteiger partial charge on any atom is 0.417 e. The highest BCUT2D eigenvalue weighted by Gasteiger charge is 2.46. The van der Waals surface area contributed by atoms with Crippen LogP contribution in [0, 0.1) is 0 Å². The molecule has 1 aromatic rings. The number of carbonyl (C=O) groups excluding carboxylic acids is 1. The molecule has 0 radical (unpaired) electrons. The standard InChI is InChI=1S/C9H4ClF6NO/c10-4-2-1-3(8(11,12)13)6(9(14,15)16)5(4)7(17)18/h1-2H,(H2,17,18). The van der Waals surface area contributed by atoms with Gasteiger partial charge in [0.25, 0.3) is 5.91 Å². The van der Waals surface area contributed by atoms with Crippen LogP contribution in [0.4, 0.5) is 26.3 Å². The smallest absolute Gasteiger partial charge is 0.366 e. The molecule has 100 valence electrons. The van der Waals surface area contributed by atoms with Gasteiger partial charge >= 0.3 is 12.4 Å². The molecule has 0 saturated carbocycles. The summed E-state index contributed by atoms with van der Waals surface area (Å²) in [6.45, 7) is 0. The highest BCUT2D eigenvalue weighted by molar-refractivity contribution is 6.34. The predicted octanol–water partition coefficient (Wildman–Crippen LogP) is 3.48. The average Bonchev–Trinajstić information content (AvgIpc) is 2.12. The molecule has 0 saturated heterocycles. The Morgan fingerprint density at radius 3 is 1.89 bits per heavy atom. The zero-order valence-electron chi connectivity index (χ0n) is 8.29. The van der Waals surface area contributed by atoms with Gasteiger partial charge < -0.3 is 5.73 Å². The van der Waals surface area contributed by atoms with E-state index in [0.717, 1.165) is 0 Å². The lowest BCUT2D eigenvalue weighted by molar-refractivity contribution is -0.162. The van der Waals surface area contributed by atoms with E-state index in [1.165, 1.54) is 0 Å². The zero-order valence-corrected chi connectivity index (χ0v) is 9.04. The van der Waals surface area contributed by atoms with Crippen molar-refractivity contribution in [3.63, 3.8) is 0 Å². The van der Waals surface area contributed by atoms with Crippen LogP contribution in [0.25, 0.3) is 0 Å². The first-order chi connectivity index (χ1) is 7.96. The third kappa shape index (κ3) is 2.69. The van der Waals surface area contributed by atoms with Gasteiger partial charge in [-0.05, 0) is 12.1 Å². The van der Waals surface area contributed by atoms with Crippen molar-refractivity contribution in [2.24, 2.45) is 5.73 Å². The zero-order chi connectivity index (χ0) is 14.3. The van der Waals surface area contributed by atoms with Crippen molar-refractivity contribution in [2.45, 2.75) is 12.4 Å². The third-order valence-electron chi connectivity index (χ3n) is 1.99. The second-order valence-corrected chi connectivity index (χ2v) is 3.61. The summed E-state index contributed by atoms with van der Waals surface area (Å²) < 4.78 is 75.2. The van der Waals surface area contributed by atoms with Gasteiger partial charge in [-0.25, -0.2) is 0 Å². The molecule has 1 aromatic carbocycles. The SMILES string of the molecule is NC(=O)c1c(Cl)ccc(C(F)(F)F)c1C(F)(F)F. The van der Waals surface area contributed by atoms with Crippen LogP contribution in [-0.4, -0.2) is 5.91 Å². The number of primary amides is 1. The predicted molar refractivity (Wildman–Crippen MR) is 50.0 cm³/mol. The molecule has 0 heterocycles. The number of alkyl halides is 6. The van der Waals surface area contributed by atoms with Crippen LogP contribution < -0.4 is 5.73 Å². The Labute approximate surface area is 101 Å². The maximum atomic E-state index is 12.6. The van der Waals surface area contributed by atoms with Crippen LogP contribution in [0.5, 0.6) is 0 Å². The van der Waals surface area contributed by atoms with Gasteiger partial charge in [-0.15, -0.1) is 0 Å². The van der Waals surface area contributed by atoms with Crippen molar-refractivity contribution in [3.8, 4) is 0 Å². The molecule has 9 heteroatoms. The highest BCUT2D eigenvalue weighted by Crippen LogP contribution is 2.43. The van der Waals surface area contributed by atoms with Crippen LogP contribution in [0.15, 0.2) is 12.1 Å². The van der Waals surface area contributed by atoms with Gasteiger partial charge in [0.05, 0.1) is 21.7 Å². The lowest BCUT2D eigenvalue weighted by Crippen LogP contribution is -2.24. The van der Waals surface area contributed by atoms with Gasteiger partial charge in [0, 0.05) is 0 Å². The minimum atomic E-state index is -5.40. The summed E-state index contributed by atoms with van der Waals surface area (Å²) in [4.78, 5) is 10.8. The minimum Gasteiger partial charge on any atom is -0.366 e. The lowest BCUT2D eigenvalue weighted by atomic mass is 9.99. The topological polar surface area (TPSA) is 43.1 Å². The summed E-state index contributed by atoms with van der Waals surface area (Å²) in [6.07, 6.45) is -10.7. The Morgan fingerprint density at radius 1 is 1.06 bits per heavy atom. The van der Waals surface area contributed by atoms with Gasteiger partial charge in [0.15, 0.2) is 0 Å². The van der Waals surface area contributed by atoms with E-state index in [-0.39, 0.29) is 6.07 Å². The average molecular weight is 292 g/mol. The molecule has 1 rings (SSSR count). The van der Waals surface area contributed by atoms with Crippen LogP contribution in [0.1, 0.15) is 21.5 Å². The number of hydrogen-bond acceptors (Lipinski definition) is 1. The van der Waals surface area contributed by atoms with E-state index < -0.39 is 40.0 Å². The summed E-state index contributed by atoms with van der Waals surface area (Å²) in [7, 11) is 0. The lowest BCUT2D eigenvalue weighted by Gasteiger charge is -2.18. The molecular formula is C9H4ClF6NO.